The minimum atomic E-state index is -2.51. The van der Waals surface area contributed by atoms with Crippen molar-refractivity contribution >= 4 is 43.5 Å². The van der Waals surface area contributed by atoms with Crippen LogP contribution in [0.4, 0.5) is 0 Å². The second kappa shape index (κ2) is 7.79. The van der Waals surface area contributed by atoms with E-state index < -0.39 is 13.7 Å². The zero-order valence-electron chi connectivity index (χ0n) is 25.6. The summed E-state index contributed by atoms with van der Waals surface area (Å²) in [5.74, 6) is 0. The monoisotopic (exact) mass is 469 g/mol. The third kappa shape index (κ3) is 3.08. The van der Waals surface area contributed by atoms with E-state index in [0.717, 1.165) is 43.5 Å². The number of para-hydroxylation sites is 1. The summed E-state index contributed by atoms with van der Waals surface area (Å²) in [6.07, 6.45) is 1.65. The van der Waals surface area contributed by atoms with Crippen molar-refractivity contribution in [3.05, 3.63) is 114 Å². The van der Waals surface area contributed by atoms with Crippen LogP contribution in [0.5, 0.6) is 0 Å². The second-order valence-electron chi connectivity index (χ2n) is 9.26. The van der Waals surface area contributed by atoms with Crippen LogP contribution in [0.3, 0.4) is 0 Å². The fourth-order valence-electron chi connectivity index (χ4n) is 5.45. The highest BCUT2D eigenvalue weighted by Gasteiger charge is 2.17. The molecule has 2 aromatic heterocycles. The Morgan fingerprint density at radius 3 is 2.42 bits per heavy atom. The predicted octanol–water partition coefficient (Wildman–Crippen LogP) is 9.55. The molecule has 36 heavy (non-hydrogen) atoms. The molecule has 0 saturated carbocycles. The first kappa shape index (κ1) is 15.5. The molecule has 0 atom stereocenters. The summed E-state index contributed by atoms with van der Waals surface area (Å²) in [7, 11) is 0. The van der Waals surface area contributed by atoms with E-state index in [1.165, 1.54) is 6.07 Å². The van der Waals surface area contributed by atoms with Crippen LogP contribution in [0.15, 0.2) is 102 Å². The van der Waals surface area contributed by atoms with Crippen LogP contribution >= 0.6 is 0 Å². The number of benzene rings is 5. The van der Waals surface area contributed by atoms with Crippen molar-refractivity contribution in [3.63, 3.8) is 0 Å². The number of nitrogens with zero attached hydrogens (tertiary/aromatic N) is 1. The molecule has 0 bridgehead atoms. The van der Waals surface area contributed by atoms with Gasteiger partial charge in [-0.3, -0.25) is 4.98 Å². The summed E-state index contributed by atoms with van der Waals surface area (Å²) in [5.41, 5.74) is 4.64. The Morgan fingerprint density at radius 2 is 1.50 bits per heavy atom. The Kier molecular flexibility index (Phi) is 3.36. The quantitative estimate of drug-likeness (QED) is 0.236. The third-order valence-corrected chi connectivity index (χ3v) is 7.03. The topological polar surface area (TPSA) is 26.0 Å². The van der Waals surface area contributed by atoms with E-state index >= 15 is 0 Å². The van der Waals surface area contributed by atoms with Crippen molar-refractivity contribution in [1.29, 1.82) is 0 Å². The van der Waals surface area contributed by atoms with E-state index in [-0.39, 0.29) is 11.1 Å². The molecular weight excluding hydrogens is 438 g/mol. The maximum Gasteiger partial charge on any atom is 0.144 e. The van der Waals surface area contributed by atoms with E-state index in [1.54, 1.807) is 25.3 Å². The van der Waals surface area contributed by atoms with Gasteiger partial charge in [0, 0.05) is 36.1 Å². The van der Waals surface area contributed by atoms with E-state index in [1.807, 2.05) is 36.4 Å². The van der Waals surface area contributed by atoms with Gasteiger partial charge in [-0.15, -0.1) is 0 Å². The molecule has 0 fully saturated rings. The lowest BCUT2D eigenvalue weighted by atomic mass is 9.93. The van der Waals surface area contributed by atoms with Gasteiger partial charge in [-0.1, -0.05) is 72.3 Å². The van der Waals surface area contributed by atoms with Gasteiger partial charge in [0.15, 0.2) is 0 Å². The molecule has 0 aliphatic carbocycles. The molecule has 0 spiro atoms. The Bertz CT molecular complexity index is 2190. The van der Waals surface area contributed by atoms with Crippen molar-refractivity contribution in [2.45, 2.75) is 20.6 Å². The molecule has 0 unspecified atom stereocenters. The molecule has 2 heteroatoms. The van der Waals surface area contributed by atoms with E-state index in [9.17, 15) is 0 Å². The minimum Gasteiger partial charge on any atom is -0.455 e. The molecule has 0 amide bonds. The average molecular weight is 470 g/mol. The third-order valence-electron chi connectivity index (χ3n) is 7.03. The lowest BCUT2D eigenvalue weighted by Gasteiger charge is -2.12. The zero-order chi connectivity index (χ0) is 29.4. The van der Waals surface area contributed by atoms with Gasteiger partial charge in [0.05, 0.1) is 5.69 Å². The molecule has 7 aromatic rings. The van der Waals surface area contributed by atoms with Crippen LogP contribution in [0.1, 0.15) is 24.9 Å². The highest BCUT2D eigenvalue weighted by molar-refractivity contribution is 6.23. The normalized spacial score (nSPS) is 14.9. The fraction of sp³-hybridized carbons (Fsp3) is 0.0882. The molecule has 0 aliphatic heterocycles. The van der Waals surface area contributed by atoms with Crippen molar-refractivity contribution in [3.8, 4) is 22.4 Å². The minimum absolute atomic E-state index is 0.00562. The number of hydrogen-bond acceptors (Lipinski definition) is 2. The average Bonchev–Trinajstić information content (AvgIpc) is 3.34. The Balaban J connectivity index is 1.46. The van der Waals surface area contributed by atoms with Crippen molar-refractivity contribution in [1.82, 2.24) is 4.98 Å². The van der Waals surface area contributed by atoms with Gasteiger partial charge in [-0.2, -0.15) is 0 Å². The van der Waals surface area contributed by atoms with E-state index in [2.05, 4.69) is 41.4 Å². The Morgan fingerprint density at radius 1 is 0.694 bits per heavy atom. The fourth-order valence-corrected chi connectivity index (χ4v) is 5.45. The van der Waals surface area contributed by atoms with Gasteiger partial charge in [0.2, 0.25) is 0 Å². The number of rotatable bonds is 2. The number of aromatic nitrogens is 1. The first-order valence-corrected chi connectivity index (χ1v) is 11.9. The van der Waals surface area contributed by atoms with Crippen LogP contribution in [0, 0.1) is 20.6 Å². The predicted molar refractivity (Wildman–Crippen MR) is 152 cm³/mol. The molecule has 0 radical (unpaired) electrons. The first-order valence-electron chi connectivity index (χ1n) is 14.9. The lowest BCUT2D eigenvalue weighted by Crippen LogP contribution is -1.92. The Hall–Kier alpha value is -4.43. The van der Waals surface area contributed by atoms with E-state index in [0.29, 0.717) is 28.0 Å². The van der Waals surface area contributed by atoms with Gasteiger partial charge in [0.25, 0.3) is 0 Å². The number of hydrogen-bond donors (Lipinski definition) is 0. The largest absolute Gasteiger partial charge is 0.455 e. The molecule has 0 N–H and O–H groups in total. The smallest absolute Gasteiger partial charge is 0.144 e. The van der Waals surface area contributed by atoms with Crippen LogP contribution in [-0.4, -0.2) is 4.98 Å². The van der Waals surface area contributed by atoms with Crippen LogP contribution in [-0.2, 0) is 0 Å². The van der Waals surface area contributed by atoms with Gasteiger partial charge in [-0.25, -0.2) is 0 Å². The standard InChI is InChI=1S/C34H25NO/c1-20-17-21(2)31(22(3)18-20)25-15-16-35-30(19-25)29-10-6-9-27-28-14-13-24-12-11-23-7-4-5-8-26(23)32(24)34(28)36-33(27)29/h4-19H,1-3H3/i1D3,2D3. The first-order chi connectivity index (χ1) is 20.0. The number of fused-ring (bicyclic) bond motifs is 7. The number of pyridine rings is 1. The zero-order valence-corrected chi connectivity index (χ0v) is 19.6. The van der Waals surface area contributed by atoms with Gasteiger partial charge in [0.1, 0.15) is 11.2 Å². The lowest BCUT2D eigenvalue weighted by molar-refractivity contribution is 0.674. The van der Waals surface area contributed by atoms with Crippen molar-refractivity contribution in [2.75, 3.05) is 0 Å². The summed E-state index contributed by atoms with van der Waals surface area (Å²) in [4.78, 5) is 4.66. The molecule has 5 aromatic carbocycles. The van der Waals surface area contributed by atoms with Gasteiger partial charge in [-0.05, 0) is 83.3 Å². The second-order valence-corrected chi connectivity index (χ2v) is 9.26. The van der Waals surface area contributed by atoms with Gasteiger partial charge >= 0.3 is 0 Å². The molecule has 172 valence electrons. The summed E-state index contributed by atoms with van der Waals surface area (Å²) < 4.78 is 54.8. The molecule has 2 heterocycles. The van der Waals surface area contributed by atoms with Gasteiger partial charge < -0.3 is 4.42 Å². The van der Waals surface area contributed by atoms with Crippen LogP contribution < -0.4 is 0 Å². The molecule has 2 nitrogen and oxygen atoms in total. The van der Waals surface area contributed by atoms with Crippen molar-refractivity contribution < 1.29 is 12.6 Å². The van der Waals surface area contributed by atoms with Crippen LogP contribution in [0.25, 0.3) is 65.9 Å². The molecule has 0 saturated heterocycles. The Labute approximate surface area is 218 Å². The maximum absolute atomic E-state index is 8.19. The molecule has 0 aliphatic rings. The van der Waals surface area contributed by atoms with E-state index in [4.69, 9.17) is 12.6 Å². The molecular formula is C34H25NO. The molecule has 7 rings (SSSR count). The summed E-state index contributed by atoms with van der Waals surface area (Å²) in [6, 6.07) is 29.1. The number of furan rings is 1. The summed E-state index contributed by atoms with van der Waals surface area (Å²) in [5, 5.41) is 6.38. The van der Waals surface area contributed by atoms with Crippen LogP contribution in [0.2, 0.25) is 0 Å². The number of aryl methyl sites for hydroxylation is 3. The van der Waals surface area contributed by atoms with Crippen molar-refractivity contribution in [2.24, 2.45) is 0 Å². The highest BCUT2D eigenvalue weighted by atomic mass is 16.3. The summed E-state index contributed by atoms with van der Waals surface area (Å²) in [6.45, 7) is -3.18. The highest BCUT2D eigenvalue weighted by Crippen LogP contribution is 2.41. The SMILES string of the molecule is [2H]C([2H])([2H])c1cc(C)c(-c2ccnc(-c3cccc4c3oc3c4ccc4ccc5ccccc5c43)c2)c(C([2H])([2H])[2H])c1. The summed E-state index contributed by atoms with van der Waals surface area (Å²) >= 11 is 0. The maximum atomic E-state index is 8.19.